The molecule has 2 nitrogen and oxygen atoms in total. The van der Waals surface area contributed by atoms with E-state index in [0.29, 0.717) is 0 Å². The molecule has 2 heteroatoms. The van der Waals surface area contributed by atoms with Crippen molar-refractivity contribution in [2.24, 2.45) is 0 Å². The monoisotopic (exact) mass is 738 g/mol. The topological polar surface area (TPSA) is 8.17 Å². The number of anilines is 3. The molecular formula is C56H38N2. The van der Waals surface area contributed by atoms with E-state index in [2.05, 4.69) is 240 Å². The lowest BCUT2D eigenvalue weighted by atomic mass is 9.90. The van der Waals surface area contributed by atoms with Gasteiger partial charge >= 0.3 is 0 Å². The highest BCUT2D eigenvalue weighted by Crippen LogP contribution is 2.46. The first-order chi connectivity index (χ1) is 28.8. The van der Waals surface area contributed by atoms with Gasteiger partial charge in [0.05, 0.1) is 16.7 Å². The summed E-state index contributed by atoms with van der Waals surface area (Å²) in [5.74, 6) is 0. The minimum Gasteiger partial charge on any atom is -0.310 e. The van der Waals surface area contributed by atoms with Crippen molar-refractivity contribution in [1.82, 2.24) is 4.57 Å². The number of hydrogen-bond donors (Lipinski definition) is 0. The molecule has 58 heavy (non-hydrogen) atoms. The van der Waals surface area contributed by atoms with E-state index in [1.807, 2.05) is 0 Å². The quantitative estimate of drug-likeness (QED) is 0.158. The largest absolute Gasteiger partial charge is 0.310 e. The van der Waals surface area contributed by atoms with Crippen molar-refractivity contribution < 1.29 is 0 Å². The Bertz CT molecular complexity index is 3260. The summed E-state index contributed by atoms with van der Waals surface area (Å²) in [6.45, 7) is 0. The molecule has 11 rings (SSSR count). The number of hydrogen-bond acceptors (Lipinski definition) is 1. The molecule has 0 aliphatic rings. The SMILES string of the molecule is c1ccc(-c2cccc3cccc(-c4ccccc4N(c4ccc(-c5ccc6ccccc6c5)cc4)c4ccc5c6ccccc6n(-c6ccccc6)c5c4)c23)cc1. The summed E-state index contributed by atoms with van der Waals surface area (Å²) in [6.07, 6.45) is 0. The number of benzene rings is 10. The van der Waals surface area contributed by atoms with Gasteiger partial charge in [0.15, 0.2) is 0 Å². The van der Waals surface area contributed by atoms with Gasteiger partial charge in [-0.1, -0.05) is 176 Å². The Morgan fingerprint density at radius 2 is 0.914 bits per heavy atom. The highest BCUT2D eigenvalue weighted by Gasteiger charge is 2.21. The molecule has 1 heterocycles. The Morgan fingerprint density at radius 3 is 1.74 bits per heavy atom. The molecule has 1 aromatic heterocycles. The van der Waals surface area contributed by atoms with Crippen LogP contribution in [0.1, 0.15) is 0 Å². The Kier molecular flexibility index (Phi) is 8.19. The van der Waals surface area contributed by atoms with E-state index >= 15 is 0 Å². The van der Waals surface area contributed by atoms with Crippen molar-refractivity contribution in [2.45, 2.75) is 0 Å². The average molecular weight is 739 g/mol. The lowest BCUT2D eigenvalue weighted by Crippen LogP contribution is -2.11. The fraction of sp³-hybridized carbons (Fsp3) is 0. The molecule has 0 atom stereocenters. The molecule has 0 bridgehead atoms. The van der Waals surface area contributed by atoms with E-state index < -0.39 is 0 Å². The number of nitrogens with zero attached hydrogens (tertiary/aromatic N) is 2. The van der Waals surface area contributed by atoms with Crippen molar-refractivity contribution in [3.05, 3.63) is 231 Å². The second-order valence-corrected chi connectivity index (χ2v) is 14.9. The zero-order valence-electron chi connectivity index (χ0n) is 31.8. The summed E-state index contributed by atoms with van der Waals surface area (Å²) in [7, 11) is 0. The van der Waals surface area contributed by atoms with Crippen molar-refractivity contribution in [2.75, 3.05) is 4.90 Å². The molecule has 0 spiro atoms. The Labute approximate surface area is 338 Å². The van der Waals surface area contributed by atoms with Crippen LogP contribution in [0.2, 0.25) is 0 Å². The third kappa shape index (κ3) is 5.74. The van der Waals surface area contributed by atoms with Crippen LogP contribution in [-0.2, 0) is 0 Å². The molecule has 272 valence electrons. The van der Waals surface area contributed by atoms with Gasteiger partial charge in [-0.05, 0) is 104 Å². The van der Waals surface area contributed by atoms with Crippen LogP contribution in [0.5, 0.6) is 0 Å². The van der Waals surface area contributed by atoms with Crippen LogP contribution in [0.3, 0.4) is 0 Å². The van der Waals surface area contributed by atoms with Crippen LogP contribution in [-0.4, -0.2) is 4.57 Å². The van der Waals surface area contributed by atoms with Crippen molar-refractivity contribution in [3.63, 3.8) is 0 Å². The summed E-state index contributed by atoms with van der Waals surface area (Å²) < 4.78 is 2.40. The molecule has 0 aliphatic carbocycles. The lowest BCUT2D eigenvalue weighted by Gasteiger charge is -2.29. The maximum Gasteiger partial charge on any atom is 0.0561 e. The second-order valence-electron chi connectivity index (χ2n) is 14.9. The van der Waals surface area contributed by atoms with E-state index in [1.165, 1.54) is 71.2 Å². The molecular weight excluding hydrogens is 701 g/mol. The van der Waals surface area contributed by atoms with Crippen LogP contribution in [0.15, 0.2) is 231 Å². The lowest BCUT2D eigenvalue weighted by molar-refractivity contribution is 1.18. The fourth-order valence-corrected chi connectivity index (χ4v) is 8.87. The number of rotatable bonds is 7. The van der Waals surface area contributed by atoms with Crippen molar-refractivity contribution >= 4 is 60.4 Å². The zero-order valence-corrected chi connectivity index (χ0v) is 31.8. The van der Waals surface area contributed by atoms with Crippen LogP contribution in [0.4, 0.5) is 17.1 Å². The van der Waals surface area contributed by atoms with Gasteiger partial charge in [0.1, 0.15) is 0 Å². The molecule has 0 radical (unpaired) electrons. The summed E-state index contributed by atoms with van der Waals surface area (Å²) in [5.41, 5.74) is 14.0. The molecule has 0 saturated carbocycles. The molecule has 0 saturated heterocycles. The van der Waals surface area contributed by atoms with E-state index in [9.17, 15) is 0 Å². The normalized spacial score (nSPS) is 11.4. The number of aromatic nitrogens is 1. The van der Waals surface area contributed by atoms with Gasteiger partial charge in [0.25, 0.3) is 0 Å². The van der Waals surface area contributed by atoms with Crippen LogP contribution >= 0.6 is 0 Å². The first-order valence-electron chi connectivity index (χ1n) is 19.9. The summed E-state index contributed by atoms with van der Waals surface area (Å²) in [5, 5.41) is 7.42. The van der Waals surface area contributed by atoms with E-state index in [4.69, 9.17) is 0 Å². The van der Waals surface area contributed by atoms with Crippen LogP contribution < -0.4 is 4.90 Å². The van der Waals surface area contributed by atoms with E-state index in [0.717, 1.165) is 28.3 Å². The van der Waals surface area contributed by atoms with Crippen molar-refractivity contribution in [3.8, 4) is 39.1 Å². The highest BCUT2D eigenvalue weighted by molar-refractivity contribution is 6.12. The first-order valence-corrected chi connectivity index (χ1v) is 19.9. The van der Waals surface area contributed by atoms with E-state index in [1.54, 1.807) is 0 Å². The highest BCUT2D eigenvalue weighted by atomic mass is 15.1. The van der Waals surface area contributed by atoms with E-state index in [-0.39, 0.29) is 0 Å². The predicted octanol–water partition coefficient (Wildman–Crippen LogP) is 15.6. The summed E-state index contributed by atoms with van der Waals surface area (Å²) in [6, 6.07) is 83.8. The summed E-state index contributed by atoms with van der Waals surface area (Å²) >= 11 is 0. The predicted molar refractivity (Wildman–Crippen MR) is 247 cm³/mol. The molecule has 0 amide bonds. The standard InChI is InChI=1S/C56H38N2/c1-3-16-41(17-4-1)48-25-13-19-42-20-14-26-52(56(42)48)50-24-10-11-27-53(50)57(46-33-31-40(32-34-46)44-30-29-39-15-7-8-18-43(39)37-44)47-35-36-51-49-23-9-12-28-54(49)58(55(51)38-47)45-21-5-2-6-22-45/h1-38H. The maximum atomic E-state index is 2.44. The second kappa shape index (κ2) is 14.1. The smallest absolute Gasteiger partial charge is 0.0561 e. The number of fused-ring (bicyclic) bond motifs is 5. The summed E-state index contributed by atoms with van der Waals surface area (Å²) in [4.78, 5) is 2.44. The molecule has 0 unspecified atom stereocenters. The third-order valence-electron chi connectivity index (χ3n) is 11.6. The maximum absolute atomic E-state index is 2.44. The third-order valence-corrected chi connectivity index (χ3v) is 11.6. The molecule has 0 aliphatic heterocycles. The fourth-order valence-electron chi connectivity index (χ4n) is 8.87. The zero-order chi connectivity index (χ0) is 38.4. The van der Waals surface area contributed by atoms with Gasteiger partial charge in [0, 0.05) is 33.4 Å². The molecule has 10 aromatic carbocycles. The molecule has 0 fully saturated rings. The van der Waals surface area contributed by atoms with Gasteiger partial charge in [-0.25, -0.2) is 0 Å². The minimum absolute atomic E-state index is 1.09. The van der Waals surface area contributed by atoms with Crippen LogP contribution in [0, 0.1) is 0 Å². The Morgan fingerprint density at radius 1 is 0.310 bits per heavy atom. The van der Waals surface area contributed by atoms with Gasteiger partial charge in [-0.3, -0.25) is 0 Å². The van der Waals surface area contributed by atoms with Crippen LogP contribution in [0.25, 0.3) is 82.4 Å². The molecule has 0 N–H and O–H groups in total. The average Bonchev–Trinajstić information content (AvgIpc) is 3.63. The minimum atomic E-state index is 1.09. The molecule has 11 aromatic rings. The Hall–Kier alpha value is -7.68. The first kappa shape index (κ1) is 33.6. The van der Waals surface area contributed by atoms with Crippen molar-refractivity contribution in [1.29, 1.82) is 0 Å². The Balaban J connectivity index is 1.15. The van der Waals surface area contributed by atoms with Gasteiger partial charge in [0.2, 0.25) is 0 Å². The van der Waals surface area contributed by atoms with Gasteiger partial charge in [-0.2, -0.15) is 0 Å². The number of para-hydroxylation sites is 3. The van der Waals surface area contributed by atoms with Gasteiger partial charge < -0.3 is 9.47 Å². The van der Waals surface area contributed by atoms with Gasteiger partial charge in [-0.15, -0.1) is 0 Å².